The molecule has 0 spiro atoms. The van der Waals surface area contributed by atoms with Gasteiger partial charge in [-0.15, -0.1) is 0 Å². The van der Waals surface area contributed by atoms with Gasteiger partial charge in [0, 0.05) is 50.1 Å². The van der Waals surface area contributed by atoms with E-state index in [9.17, 15) is 0 Å². The lowest BCUT2D eigenvalue weighted by Crippen LogP contribution is -2.47. The molecule has 24 heavy (non-hydrogen) atoms. The van der Waals surface area contributed by atoms with E-state index in [0.717, 1.165) is 74.5 Å². The maximum atomic E-state index is 6.51. The zero-order valence-electron chi connectivity index (χ0n) is 13.9. The SMILES string of the molecule is NC1(Oc2cc(N3CCOCC3)cc3nccnc23)CCCCC1. The maximum absolute atomic E-state index is 6.51. The summed E-state index contributed by atoms with van der Waals surface area (Å²) in [6, 6.07) is 4.14. The lowest BCUT2D eigenvalue weighted by Gasteiger charge is -2.35. The predicted molar refractivity (Wildman–Crippen MR) is 93.2 cm³/mol. The number of nitrogens with two attached hydrogens (primary N) is 1. The molecule has 1 aromatic carbocycles. The number of fused-ring (bicyclic) bond motifs is 1. The normalized spacial score (nSPS) is 21.0. The number of anilines is 1. The molecular weight excluding hydrogens is 304 g/mol. The Kier molecular flexibility index (Phi) is 4.24. The lowest BCUT2D eigenvalue weighted by molar-refractivity contribution is 0.0378. The van der Waals surface area contributed by atoms with Crippen LogP contribution in [0.4, 0.5) is 5.69 Å². The van der Waals surface area contributed by atoms with Crippen molar-refractivity contribution in [3.63, 3.8) is 0 Å². The fourth-order valence-corrected chi connectivity index (χ4v) is 3.58. The quantitative estimate of drug-likeness (QED) is 0.873. The zero-order valence-corrected chi connectivity index (χ0v) is 13.9. The van der Waals surface area contributed by atoms with E-state index in [1.54, 1.807) is 12.4 Å². The van der Waals surface area contributed by atoms with Crippen LogP contribution in [0.15, 0.2) is 24.5 Å². The molecule has 0 radical (unpaired) electrons. The van der Waals surface area contributed by atoms with Gasteiger partial charge in [0.1, 0.15) is 5.52 Å². The molecule has 0 atom stereocenters. The molecule has 2 heterocycles. The molecule has 0 unspecified atom stereocenters. The van der Waals surface area contributed by atoms with Gasteiger partial charge in [0.25, 0.3) is 0 Å². The minimum atomic E-state index is -0.591. The molecule has 0 amide bonds. The van der Waals surface area contributed by atoms with E-state index < -0.39 is 5.72 Å². The highest BCUT2D eigenvalue weighted by Crippen LogP contribution is 2.35. The van der Waals surface area contributed by atoms with E-state index in [1.165, 1.54) is 6.42 Å². The minimum absolute atomic E-state index is 0.591. The summed E-state index contributed by atoms with van der Waals surface area (Å²) in [7, 11) is 0. The molecule has 128 valence electrons. The van der Waals surface area contributed by atoms with Crippen LogP contribution in [0.1, 0.15) is 32.1 Å². The Bertz CT molecular complexity index is 709. The molecule has 1 aliphatic carbocycles. The second-order valence-corrected chi connectivity index (χ2v) is 6.69. The van der Waals surface area contributed by atoms with Crippen LogP contribution in [0, 0.1) is 0 Å². The summed E-state index contributed by atoms with van der Waals surface area (Å²) in [5.74, 6) is 0.742. The maximum Gasteiger partial charge on any atom is 0.158 e. The zero-order chi connectivity index (χ0) is 16.4. The lowest BCUT2D eigenvalue weighted by atomic mass is 9.92. The first-order chi connectivity index (χ1) is 11.7. The highest BCUT2D eigenvalue weighted by Gasteiger charge is 2.30. The number of rotatable bonds is 3. The Hall–Kier alpha value is -1.92. The van der Waals surface area contributed by atoms with Crippen molar-refractivity contribution < 1.29 is 9.47 Å². The van der Waals surface area contributed by atoms with Crippen molar-refractivity contribution in [2.24, 2.45) is 5.73 Å². The van der Waals surface area contributed by atoms with Crippen molar-refractivity contribution in [2.75, 3.05) is 31.2 Å². The number of hydrogen-bond acceptors (Lipinski definition) is 6. The van der Waals surface area contributed by atoms with Crippen LogP contribution in [-0.4, -0.2) is 42.0 Å². The van der Waals surface area contributed by atoms with E-state index in [1.807, 2.05) is 0 Å². The molecule has 1 aromatic heterocycles. The monoisotopic (exact) mass is 328 g/mol. The van der Waals surface area contributed by atoms with E-state index in [0.29, 0.717) is 0 Å². The molecular formula is C18H24N4O2. The molecule has 6 nitrogen and oxygen atoms in total. The van der Waals surface area contributed by atoms with Crippen molar-refractivity contribution in [1.82, 2.24) is 9.97 Å². The van der Waals surface area contributed by atoms with Crippen molar-refractivity contribution in [2.45, 2.75) is 37.8 Å². The van der Waals surface area contributed by atoms with Gasteiger partial charge in [-0.05, 0) is 18.9 Å². The van der Waals surface area contributed by atoms with Gasteiger partial charge in [0.2, 0.25) is 0 Å². The predicted octanol–water partition coefficient (Wildman–Crippen LogP) is 2.46. The fourth-order valence-electron chi connectivity index (χ4n) is 3.58. The Morgan fingerprint density at radius 1 is 1.04 bits per heavy atom. The van der Waals surface area contributed by atoms with Crippen LogP contribution in [0.3, 0.4) is 0 Å². The molecule has 6 heteroatoms. The topological polar surface area (TPSA) is 73.5 Å². The first kappa shape index (κ1) is 15.6. The Morgan fingerprint density at radius 3 is 2.58 bits per heavy atom. The minimum Gasteiger partial charge on any atom is -0.471 e. The number of benzene rings is 1. The molecule has 0 bridgehead atoms. The third kappa shape index (κ3) is 3.16. The van der Waals surface area contributed by atoms with Crippen LogP contribution in [-0.2, 0) is 4.74 Å². The number of hydrogen-bond donors (Lipinski definition) is 1. The third-order valence-electron chi connectivity index (χ3n) is 4.91. The summed E-state index contributed by atoms with van der Waals surface area (Å²) in [5.41, 5.74) is 8.64. The van der Waals surface area contributed by atoms with Gasteiger partial charge >= 0.3 is 0 Å². The second kappa shape index (κ2) is 6.53. The van der Waals surface area contributed by atoms with Crippen LogP contribution >= 0.6 is 0 Å². The van der Waals surface area contributed by atoms with E-state index >= 15 is 0 Å². The summed E-state index contributed by atoms with van der Waals surface area (Å²) in [6.45, 7) is 3.24. The first-order valence-electron chi connectivity index (χ1n) is 8.79. The summed E-state index contributed by atoms with van der Waals surface area (Å²) >= 11 is 0. The highest BCUT2D eigenvalue weighted by molar-refractivity contribution is 5.85. The molecule has 2 aromatic rings. The molecule has 2 fully saturated rings. The van der Waals surface area contributed by atoms with Gasteiger partial charge in [0.15, 0.2) is 11.5 Å². The summed E-state index contributed by atoms with van der Waals surface area (Å²) in [5, 5.41) is 0. The molecule has 2 aliphatic rings. The smallest absolute Gasteiger partial charge is 0.158 e. The summed E-state index contributed by atoms with van der Waals surface area (Å²) in [6.07, 6.45) is 8.65. The number of nitrogens with zero attached hydrogens (tertiary/aromatic N) is 3. The average molecular weight is 328 g/mol. The van der Waals surface area contributed by atoms with Gasteiger partial charge in [0.05, 0.1) is 18.7 Å². The van der Waals surface area contributed by atoms with Crippen molar-refractivity contribution in [3.05, 3.63) is 24.5 Å². The van der Waals surface area contributed by atoms with Crippen LogP contribution in [0.2, 0.25) is 0 Å². The van der Waals surface area contributed by atoms with Gasteiger partial charge < -0.3 is 14.4 Å². The first-order valence-corrected chi connectivity index (χ1v) is 8.79. The van der Waals surface area contributed by atoms with Gasteiger partial charge in [-0.25, -0.2) is 4.98 Å². The standard InChI is InChI=1S/C18H24N4O2/c19-18(4-2-1-3-5-18)24-16-13-14(22-8-10-23-11-9-22)12-15-17(16)21-7-6-20-15/h6-7,12-13H,1-5,8-11,19H2. The summed E-state index contributed by atoms with van der Waals surface area (Å²) < 4.78 is 11.8. The Morgan fingerprint density at radius 2 is 1.79 bits per heavy atom. The number of morpholine rings is 1. The molecule has 1 saturated heterocycles. The van der Waals surface area contributed by atoms with Crippen LogP contribution in [0.5, 0.6) is 5.75 Å². The van der Waals surface area contributed by atoms with Gasteiger partial charge in [-0.2, -0.15) is 0 Å². The van der Waals surface area contributed by atoms with Gasteiger partial charge in [-0.3, -0.25) is 10.7 Å². The number of ether oxygens (including phenoxy) is 2. The molecule has 4 rings (SSSR count). The van der Waals surface area contributed by atoms with E-state index in [4.69, 9.17) is 15.2 Å². The second-order valence-electron chi connectivity index (χ2n) is 6.69. The average Bonchev–Trinajstić information content (AvgIpc) is 2.63. The summed E-state index contributed by atoms with van der Waals surface area (Å²) in [4.78, 5) is 11.2. The van der Waals surface area contributed by atoms with Crippen molar-refractivity contribution in [3.8, 4) is 5.75 Å². The Labute approximate surface area is 142 Å². The highest BCUT2D eigenvalue weighted by atomic mass is 16.5. The van der Waals surface area contributed by atoms with E-state index in [2.05, 4.69) is 27.0 Å². The largest absolute Gasteiger partial charge is 0.471 e. The molecule has 2 N–H and O–H groups in total. The van der Waals surface area contributed by atoms with E-state index in [-0.39, 0.29) is 0 Å². The number of aromatic nitrogens is 2. The fraction of sp³-hybridized carbons (Fsp3) is 0.556. The van der Waals surface area contributed by atoms with Crippen LogP contribution in [0.25, 0.3) is 11.0 Å². The van der Waals surface area contributed by atoms with Crippen molar-refractivity contribution >= 4 is 16.7 Å². The third-order valence-corrected chi connectivity index (χ3v) is 4.91. The van der Waals surface area contributed by atoms with Crippen LogP contribution < -0.4 is 15.4 Å². The van der Waals surface area contributed by atoms with Crippen molar-refractivity contribution in [1.29, 1.82) is 0 Å². The molecule has 1 saturated carbocycles. The van der Waals surface area contributed by atoms with Gasteiger partial charge in [-0.1, -0.05) is 6.42 Å². The Balaban J connectivity index is 1.71. The molecule has 1 aliphatic heterocycles.